The fourth-order valence-corrected chi connectivity index (χ4v) is 2.66. The Hall–Kier alpha value is -0.350. The second-order valence-electron chi connectivity index (χ2n) is 4.91. The number of hydrogen-bond donors (Lipinski definition) is 1. The molecule has 0 spiro atoms. The minimum absolute atomic E-state index is 0.614. The fraction of sp³-hybridized carbons (Fsp3) is 0.786. The summed E-state index contributed by atoms with van der Waals surface area (Å²) in [5, 5.41) is 8.06. The molecule has 18 heavy (non-hydrogen) atoms. The van der Waals surface area contributed by atoms with Crippen molar-refractivity contribution < 1.29 is 0 Å². The van der Waals surface area contributed by atoms with Gasteiger partial charge < -0.3 is 5.32 Å². The average Bonchev–Trinajstić information content (AvgIpc) is 2.63. The van der Waals surface area contributed by atoms with Crippen LogP contribution in [0.15, 0.2) is 4.47 Å². The van der Waals surface area contributed by atoms with E-state index in [1.807, 2.05) is 0 Å². The summed E-state index contributed by atoms with van der Waals surface area (Å²) < 4.78 is 3.31. The maximum Gasteiger partial charge on any atom is 0.0738 e. The van der Waals surface area contributed by atoms with Crippen LogP contribution in [0.1, 0.15) is 51.4 Å². The summed E-state index contributed by atoms with van der Waals surface area (Å²) >= 11 is 3.65. The third kappa shape index (κ3) is 4.39. The molecule has 1 heterocycles. The van der Waals surface area contributed by atoms with Crippen molar-refractivity contribution in [3.8, 4) is 0 Å². The first-order valence-corrected chi connectivity index (χ1v) is 7.84. The van der Waals surface area contributed by atoms with Gasteiger partial charge in [0.2, 0.25) is 0 Å². The average molecular weight is 316 g/mol. The number of aromatic nitrogens is 2. The van der Waals surface area contributed by atoms with E-state index in [-0.39, 0.29) is 0 Å². The lowest BCUT2D eigenvalue weighted by atomic mass is 10.1. The largest absolute Gasteiger partial charge is 0.314 e. The Bertz CT molecular complexity index is 360. The monoisotopic (exact) mass is 315 g/mol. The van der Waals surface area contributed by atoms with E-state index in [0.29, 0.717) is 6.04 Å². The molecule has 0 fully saturated rings. The summed E-state index contributed by atoms with van der Waals surface area (Å²) in [7, 11) is 0. The first-order valence-electron chi connectivity index (χ1n) is 7.05. The summed E-state index contributed by atoms with van der Waals surface area (Å²) in [5.41, 5.74) is 2.45. The van der Waals surface area contributed by atoms with Gasteiger partial charge in [-0.25, -0.2) is 0 Å². The second-order valence-corrected chi connectivity index (χ2v) is 5.70. The minimum Gasteiger partial charge on any atom is -0.314 e. The Morgan fingerprint density at radius 1 is 1.39 bits per heavy atom. The van der Waals surface area contributed by atoms with E-state index in [1.165, 1.54) is 29.4 Å². The van der Waals surface area contributed by atoms with Gasteiger partial charge in [0.1, 0.15) is 0 Å². The summed E-state index contributed by atoms with van der Waals surface area (Å²) in [5.74, 6) is 0. The molecule has 3 nitrogen and oxygen atoms in total. The van der Waals surface area contributed by atoms with Crippen LogP contribution in [-0.4, -0.2) is 22.4 Å². The molecule has 0 aliphatic carbocycles. The second kappa shape index (κ2) is 7.95. The van der Waals surface area contributed by atoms with Crippen LogP contribution in [0.2, 0.25) is 0 Å². The van der Waals surface area contributed by atoms with E-state index >= 15 is 0 Å². The van der Waals surface area contributed by atoms with Crippen molar-refractivity contribution in [3.63, 3.8) is 0 Å². The number of aryl methyl sites for hydroxylation is 2. The number of hydrogen-bond acceptors (Lipinski definition) is 2. The SMILES string of the molecule is CCCNC(C)CCCc1c(Br)c(C)nn1CC. The van der Waals surface area contributed by atoms with Crippen molar-refractivity contribution in [2.45, 2.75) is 66.0 Å². The van der Waals surface area contributed by atoms with Gasteiger partial charge in [-0.1, -0.05) is 6.92 Å². The molecule has 1 aromatic rings. The lowest BCUT2D eigenvalue weighted by Gasteiger charge is -2.13. The molecule has 1 unspecified atom stereocenters. The Kier molecular flexibility index (Phi) is 6.94. The molecule has 4 heteroatoms. The smallest absolute Gasteiger partial charge is 0.0738 e. The van der Waals surface area contributed by atoms with E-state index in [0.717, 1.165) is 25.2 Å². The van der Waals surface area contributed by atoms with Crippen LogP contribution in [0.25, 0.3) is 0 Å². The third-order valence-corrected chi connectivity index (χ3v) is 4.28. The first-order chi connectivity index (χ1) is 8.60. The van der Waals surface area contributed by atoms with Gasteiger partial charge in [0.05, 0.1) is 15.9 Å². The van der Waals surface area contributed by atoms with Gasteiger partial charge in [0, 0.05) is 12.6 Å². The van der Waals surface area contributed by atoms with Gasteiger partial charge in [-0.15, -0.1) is 0 Å². The zero-order chi connectivity index (χ0) is 13.5. The van der Waals surface area contributed by atoms with E-state index in [1.54, 1.807) is 0 Å². The summed E-state index contributed by atoms with van der Waals surface area (Å²) in [6.45, 7) is 10.8. The van der Waals surface area contributed by atoms with Gasteiger partial charge in [0.25, 0.3) is 0 Å². The highest BCUT2D eigenvalue weighted by Crippen LogP contribution is 2.22. The molecule has 0 aromatic carbocycles. The molecule has 1 atom stereocenters. The number of halogens is 1. The molecule has 0 bridgehead atoms. The summed E-state index contributed by atoms with van der Waals surface area (Å²) in [6.07, 6.45) is 4.74. The molecule has 0 aliphatic rings. The van der Waals surface area contributed by atoms with Crippen molar-refractivity contribution in [2.24, 2.45) is 0 Å². The normalized spacial score (nSPS) is 12.9. The quantitative estimate of drug-likeness (QED) is 0.793. The van der Waals surface area contributed by atoms with Gasteiger partial charge in [0.15, 0.2) is 0 Å². The summed E-state index contributed by atoms with van der Waals surface area (Å²) in [6, 6.07) is 0.614. The van der Waals surface area contributed by atoms with E-state index < -0.39 is 0 Å². The van der Waals surface area contributed by atoms with Gasteiger partial charge in [-0.3, -0.25) is 4.68 Å². The third-order valence-electron chi connectivity index (χ3n) is 3.25. The predicted octanol–water partition coefficient (Wildman–Crippen LogP) is 3.68. The van der Waals surface area contributed by atoms with E-state index in [9.17, 15) is 0 Å². The molecule has 1 rings (SSSR count). The Morgan fingerprint density at radius 3 is 2.72 bits per heavy atom. The lowest BCUT2D eigenvalue weighted by molar-refractivity contribution is 0.491. The van der Waals surface area contributed by atoms with Crippen LogP contribution in [-0.2, 0) is 13.0 Å². The molecular weight excluding hydrogens is 290 g/mol. The van der Waals surface area contributed by atoms with Crippen LogP contribution in [0.3, 0.4) is 0 Å². The Labute approximate surface area is 119 Å². The molecule has 0 amide bonds. The van der Waals surface area contributed by atoms with Crippen molar-refractivity contribution >= 4 is 15.9 Å². The predicted molar refractivity (Wildman–Crippen MR) is 81.0 cm³/mol. The molecular formula is C14H26BrN3. The molecule has 0 radical (unpaired) electrons. The standard InChI is InChI=1S/C14H26BrN3/c1-5-10-16-11(3)8-7-9-13-14(15)12(4)17-18(13)6-2/h11,16H,5-10H2,1-4H3. The minimum atomic E-state index is 0.614. The zero-order valence-electron chi connectivity index (χ0n) is 12.1. The van der Waals surface area contributed by atoms with Crippen LogP contribution >= 0.6 is 15.9 Å². The maximum absolute atomic E-state index is 4.53. The van der Waals surface area contributed by atoms with E-state index in [2.05, 4.69) is 58.7 Å². The van der Waals surface area contributed by atoms with Gasteiger partial charge >= 0.3 is 0 Å². The van der Waals surface area contributed by atoms with Crippen molar-refractivity contribution in [3.05, 3.63) is 15.9 Å². The van der Waals surface area contributed by atoms with Crippen molar-refractivity contribution in [1.82, 2.24) is 15.1 Å². The molecule has 1 aromatic heterocycles. The molecule has 0 saturated heterocycles. The molecule has 0 aliphatic heterocycles. The van der Waals surface area contributed by atoms with Crippen LogP contribution < -0.4 is 5.32 Å². The van der Waals surface area contributed by atoms with Crippen molar-refractivity contribution in [1.29, 1.82) is 0 Å². The van der Waals surface area contributed by atoms with Crippen LogP contribution in [0.4, 0.5) is 0 Å². The highest BCUT2D eigenvalue weighted by atomic mass is 79.9. The number of rotatable bonds is 8. The highest BCUT2D eigenvalue weighted by molar-refractivity contribution is 9.10. The maximum atomic E-state index is 4.53. The van der Waals surface area contributed by atoms with Gasteiger partial charge in [-0.05, 0) is 68.9 Å². The fourth-order valence-electron chi connectivity index (χ4n) is 2.18. The van der Waals surface area contributed by atoms with Gasteiger partial charge in [-0.2, -0.15) is 5.10 Å². The van der Waals surface area contributed by atoms with Crippen LogP contribution in [0, 0.1) is 6.92 Å². The van der Waals surface area contributed by atoms with Crippen molar-refractivity contribution in [2.75, 3.05) is 6.54 Å². The number of nitrogens with zero attached hydrogens (tertiary/aromatic N) is 2. The van der Waals surface area contributed by atoms with E-state index in [4.69, 9.17) is 0 Å². The molecule has 104 valence electrons. The first kappa shape index (κ1) is 15.7. The Morgan fingerprint density at radius 2 is 2.11 bits per heavy atom. The topological polar surface area (TPSA) is 29.9 Å². The zero-order valence-corrected chi connectivity index (χ0v) is 13.7. The molecule has 1 N–H and O–H groups in total. The lowest BCUT2D eigenvalue weighted by Crippen LogP contribution is -2.26. The summed E-state index contributed by atoms with van der Waals surface area (Å²) in [4.78, 5) is 0. The highest BCUT2D eigenvalue weighted by Gasteiger charge is 2.12. The number of nitrogens with one attached hydrogen (secondary N) is 1. The Balaban J connectivity index is 2.43. The molecule has 0 saturated carbocycles. The van der Waals surface area contributed by atoms with Crippen LogP contribution in [0.5, 0.6) is 0 Å².